The second kappa shape index (κ2) is 6.55. The molecule has 2 N–H and O–H groups in total. The van der Waals surface area contributed by atoms with Crippen LogP contribution in [0.25, 0.3) is 0 Å². The van der Waals surface area contributed by atoms with Crippen LogP contribution in [0.15, 0.2) is 18.2 Å². The molecular weight excluding hydrogens is 252 g/mol. The molecule has 0 radical (unpaired) electrons. The molecule has 1 fully saturated rings. The summed E-state index contributed by atoms with van der Waals surface area (Å²) in [6, 6.07) is 6.10. The van der Waals surface area contributed by atoms with E-state index in [1.165, 1.54) is 12.8 Å². The van der Waals surface area contributed by atoms with Crippen LogP contribution in [-0.2, 0) is 9.59 Å². The van der Waals surface area contributed by atoms with Gasteiger partial charge in [0.15, 0.2) is 0 Å². The molecule has 108 valence electrons. The monoisotopic (exact) mass is 274 g/mol. The summed E-state index contributed by atoms with van der Waals surface area (Å²) in [5, 5.41) is 5.76. The highest BCUT2D eigenvalue weighted by atomic mass is 16.2. The lowest BCUT2D eigenvalue weighted by Gasteiger charge is -2.13. The van der Waals surface area contributed by atoms with Gasteiger partial charge in [-0.3, -0.25) is 9.59 Å². The van der Waals surface area contributed by atoms with E-state index in [9.17, 15) is 9.59 Å². The van der Waals surface area contributed by atoms with E-state index in [-0.39, 0.29) is 24.3 Å². The molecule has 1 aromatic carbocycles. The predicted molar refractivity (Wildman–Crippen MR) is 79.6 cm³/mol. The molecule has 0 aliphatic heterocycles. The lowest BCUT2D eigenvalue weighted by atomic mass is 10.1. The summed E-state index contributed by atoms with van der Waals surface area (Å²) < 4.78 is 0. The van der Waals surface area contributed by atoms with Crippen LogP contribution < -0.4 is 10.6 Å². The van der Waals surface area contributed by atoms with Crippen LogP contribution in [0.2, 0.25) is 0 Å². The van der Waals surface area contributed by atoms with E-state index in [0.717, 1.165) is 29.7 Å². The van der Waals surface area contributed by atoms with Gasteiger partial charge in [-0.15, -0.1) is 0 Å². The van der Waals surface area contributed by atoms with Crippen LogP contribution in [-0.4, -0.2) is 17.9 Å². The summed E-state index contributed by atoms with van der Waals surface area (Å²) in [7, 11) is 0. The Hall–Kier alpha value is -1.84. The van der Waals surface area contributed by atoms with Crippen molar-refractivity contribution < 1.29 is 9.59 Å². The van der Waals surface area contributed by atoms with Crippen molar-refractivity contribution in [3.8, 4) is 0 Å². The zero-order valence-corrected chi connectivity index (χ0v) is 12.2. The van der Waals surface area contributed by atoms with E-state index >= 15 is 0 Å². The maximum Gasteiger partial charge on any atom is 0.233 e. The van der Waals surface area contributed by atoms with Gasteiger partial charge in [-0.25, -0.2) is 0 Å². The molecule has 0 heterocycles. The zero-order chi connectivity index (χ0) is 14.5. The van der Waals surface area contributed by atoms with Gasteiger partial charge in [0, 0.05) is 11.7 Å². The highest BCUT2D eigenvalue weighted by Crippen LogP contribution is 2.20. The van der Waals surface area contributed by atoms with Crippen molar-refractivity contribution in [3.63, 3.8) is 0 Å². The third-order valence-corrected chi connectivity index (χ3v) is 3.79. The van der Waals surface area contributed by atoms with E-state index in [0.29, 0.717) is 0 Å². The zero-order valence-electron chi connectivity index (χ0n) is 12.2. The van der Waals surface area contributed by atoms with Crippen LogP contribution in [0.5, 0.6) is 0 Å². The molecule has 1 saturated carbocycles. The number of hydrogen-bond acceptors (Lipinski definition) is 2. The van der Waals surface area contributed by atoms with Gasteiger partial charge in [0.25, 0.3) is 0 Å². The van der Waals surface area contributed by atoms with E-state index < -0.39 is 0 Å². The van der Waals surface area contributed by atoms with E-state index in [1.54, 1.807) is 0 Å². The fourth-order valence-electron chi connectivity index (χ4n) is 2.69. The Labute approximate surface area is 119 Å². The lowest BCUT2D eigenvalue weighted by Crippen LogP contribution is -2.35. The van der Waals surface area contributed by atoms with Crippen molar-refractivity contribution in [3.05, 3.63) is 29.3 Å². The minimum Gasteiger partial charge on any atom is -0.353 e. The Morgan fingerprint density at radius 1 is 1.10 bits per heavy atom. The van der Waals surface area contributed by atoms with E-state index in [4.69, 9.17) is 0 Å². The number of benzene rings is 1. The van der Waals surface area contributed by atoms with Crippen molar-refractivity contribution in [2.75, 3.05) is 5.32 Å². The van der Waals surface area contributed by atoms with Gasteiger partial charge in [-0.2, -0.15) is 0 Å². The molecule has 20 heavy (non-hydrogen) atoms. The second-order valence-corrected chi connectivity index (χ2v) is 5.54. The summed E-state index contributed by atoms with van der Waals surface area (Å²) in [6.45, 7) is 3.89. The Balaban J connectivity index is 1.87. The van der Waals surface area contributed by atoms with Crippen LogP contribution in [0.3, 0.4) is 0 Å². The fraction of sp³-hybridized carbons (Fsp3) is 0.500. The smallest absolute Gasteiger partial charge is 0.233 e. The van der Waals surface area contributed by atoms with Gasteiger partial charge in [0.05, 0.1) is 0 Å². The number of anilines is 1. The number of amides is 2. The van der Waals surface area contributed by atoms with Crippen molar-refractivity contribution in [1.82, 2.24) is 5.32 Å². The molecule has 4 nitrogen and oxygen atoms in total. The second-order valence-electron chi connectivity index (χ2n) is 5.54. The van der Waals surface area contributed by atoms with Gasteiger partial charge in [0.1, 0.15) is 6.42 Å². The van der Waals surface area contributed by atoms with E-state index in [1.807, 2.05) is 32.0 Å². The fourth-order valence-corrected chi connectivity index (χ4v) is 2.69. The SMILES string of the molecule is Cc1cccc(C)c1NC(=O)CC(=O)NC1CCCC1. The Bertz CT molecular complexity index is 485. The van der Waals surface area contributed by atoms with Crippen molar-refractivity contribution in [2.24, 2.45) is 0 Å². The summed E-state index contributed by atoms with van der Waals surface area (Å²) in [6.07, 6.45) is 4.29. The first-order chi connectivity index (χ1) is 9.56. The lowest BCUT2D eigenvalue weighted by molar-refractivity contribution is -0.127. The molecule has 4 heteroatoms. The predicted octanol–water partition coefficient (Wildman–Crippen LogP) is 2.69. The summed E-state index contributed by atoms with van der Waals surface area (Å²) in [5.74, 6) is -0.432. The minimum absolute atomic E-state index is 0.107. The average Bonchev–Trinajstić information content (AvgIpc) is 2.86. The molecule has 0 atom stereocenters. The number of carbonyl (C=O) groups is 2. The standard InChI is InChI=1S/C16H22N2O2/c1-11-6-5-7-12(2)16(11)18-15(20)10-14(19)17-13-8-3-4-9-13/h5-7,13H,3-4,8-10H2,1-2H3,(H,17,19)(H,18,20). The third-order valence-electron chi connectivity index (χ3n) is 3.79. The topological polar surface area (TPSA) is 58.2 Å². The van der Waals surface area contributed by atoms with Gasteiger partial charge >= 0.3 is 0 Å². The number of hydrogen-bond donors (Lipinski definition) is 2. The van der Waals surface area contributed by atoms with Crippen molar-refractivity contribution in [2.45, 2.75) is 52.0 Å². The quantitative estimate of drug-likeness (QED) is 0.829. The first kappa shape index (κ1) is 14.6. The molecule has 0 unspecified atom stereocenters. The van der Waals surface area contributed by atoms with Crippen LogP contribution in [0, 0.1) is 13.8 Å². The first-order valence-electron chi connectivity index (χ1n) is 7.21. The Morgan fingerprint density at radius 3 is 2.30 bits per heavy atom. The molecule has 1 aliphatic rings. The number of nitrogens with one attached hydrogen (secondary N) is 2. The third kappa shape index (κ3) is 3.83. The average molecular weight is 274 g/mol. The maximum atomic E-state index is 11.9. The summed E-state index contributed by atoms with van der Waals surface area (Å²) in [5.41, 5.74) is 2.83. The summed E-state index contributed by atoms with van der Waals surface area (Å²) in [4.78, 5) is 23.7. The number of rotatable bonds is 4. The highest BCUT2D eigenvalue weighted by molar-refractivity contribution is 6.04. The largest absolute Gasteiger partial charge is 0.353 e. The molecule has 1 aromatic rings. The van der Waals surface area contributed by atoms with Gasteiger partial charge in [-0.1, -0.05) is 31.0 Å². The molecule has 0 bridgehead atoms. The Morgan fingerprint density at radius 2 is 1.70 bits per heavy atom. The maximum absolute atomic E-state index is 11.9. The molecule has 0 saturated heterocycles. The van der Waals surface area contributed by atoms with Crippen LogP contribution >= 0.6 is 0 Å². The van der Waals surface area contributed by atoms with Gasteiger partial charge in [-0.05, 0) is 37.8 Å². The first-order valence-corrected chi connectivity index (χ1v) is 7.21. The van der Waals surface area contributed by atoms with Crippen molar-refractivity contribution in [1.29, 1.82) is 0 Å². The highest BCUT2D eigenvalue weighted by Gasteiger charge is 2.19. The molecule has 0 aromatic heterocycles. The molecule has 1 aliphatic carbocycles. The normalized spacial score (nSPS) is 15.1. The molecular formula is C16H22N2O2. The van der Waals surface area contributed by atoms with Crippen LogP contribution in [0.1, 0.15) is 43.2 Å². The van der Waals surface area contributed by atoms with Gasteiger partial charge < -0.3 is 10.6 Å². The molecule has 2 amide bonds. The van der Waals surface area contributed by atoms with Crippen molar-refractivity contribution >= 4 is 17.5 Å². The van der Waals surface area contributed by atoms with E-state index in [2.05, 4.69) is 10.6 Å². The minimum atomic E-state index is -0.252. The van der Waals surface area contributed by atoms with Crippen LogP contribution in [0.4, 0.5) is 5.69 Å². The molecule has 2 rings (SSSR count). The summed E-state index contributed by atoms with van der Waals surface area (Å²) >= 11 is 0. The Kier molecular flexibility index (Phi) is 4.77. The number of carbonyl (C=O) groups excluding carboxylic acids is 2. The molecule has 0 spiro atoms. The number of aryl methyl sites for hydroxylation is 2. The number of para-hydroxylation sites is 1. The van der Waals surface area contributed by atoms with Gasteiger partial charge in [0.2, 0.25) is 11.8 Å².